The smallest absolute Gasteiger partial charge is 0.264 e. The Bertz CT molecular complexity index is 921. The minimum absolute atomic E-state index is 0.115. The van der Waals surface area contributed by atoms with Crippen molar-refractivity contribution in [3.8, 4) is 5.75 Å². The Morgan fingerprint density at radius 2 is 1.96 bits per heavy atom. The summed E-state index contributed by atoms with van der Waals surface area (Å²) >= 11 is 13.9. The van der Waals surface area contributed by atoms with E-state index in [1.807, 2.05) is 19.1 Å². The lowest BCUT2D eigenvalue weighted by Crippen LogP contribution is -2.19. The molecule has 0 bridgehead atoms. The zero-order chi connectivity index (χ0) is 18.1. The van der Waals surface area contributed by atoms with E-state index in [1.165, 1.54) is 11.8 Å². The van der Waals surface area contributed by atoms with Gasteiger partial charge in [-0.3, -0.25) is 4.79 Å². The van der Waals surface area contributed by atoms with Crippen LogP contribution >= 0.6 is 55.2 Å². The predicted octanol–water partition coefficient (Wildman–Crippen LogP) is 5.77. The molecule has 0 saturated carbocycles. The van der Waals surface area contributed by atoms with Gasteiger partial charge in [-0.05, 0) is 92.0 Å². The number of phenolic OH excluding ortho intramolecular Hbond substituents is 1. The Labute approximate surface area is 170 Å². The molecular weight excluding hydrogens is 492 g/mol. The van der Waals surface area contributed by atoms with Crippen molar-refractivity contribution < 1.29 is 9.90 Å². The fraction of sp³-hybridized carbons (Fsp3) is 0.0588. The second kappa shape index (κ2) is 7.53. The van der Waals surface area contributed by atoms with Crippen molar-refractivity contribution >= 4 is 78.1 Å². The summed E-state index contributed by atoms with van der Waals surface area (Å²) in [5.74, 6) is -0.104. The molecule has 1 aliphatic heterocycles. The molecule has 1 heterocycles. The Morgan fingerprint density at radius 3 is 2.64 bits per heavy atom. The summed E-state index contributed by atoms with van der Waals surface area (Å²) in [4.78, 5) is 17.2. The van der Waals surface area contributed by atoms with Gasteiger partial charge in [0.1, 0.15) is 5.75 Å². The number of nitrogens with one attached hydrogen (secondary N) is 1. The van der Waals surface area contributed by atoms with Gasteiger partial charge in [0, 0.05) is 5.02 Å². The number of halogens is 3. The summed E-state index contributed by atoms with van der Waals surface area (Å²) in [7, 11) is 0. The number of amidine groups is 1. The largest absolute Gasteiger partial charge is 0.506 e. The average molecular weight is 503 g/mol. The lowest BCUT2D eigenvalue weighted by molar-refractivity contribution is -0.115. The van der Waals surface area contributed by atoms with Crippen LogP contribution in [0.4, 0.5) is 5.69 Å². The molecule has 2 aromatic carbocycles. The number of carbonyl (C=O) groups excluding carboxylic acids is 1. The van der Waals surface area contributed by atoms with E-state index in [0.29, 0.717) is 29.7 Å². The van der Waals surface area contributed by atoms with Crippen LogP contribution in [0.25, 0.3) is 6.08 Å². The number of hydrogen-bond donors (Lipinski definition) is 2. The van der Waals surface area contributed by atoms with Crippen molar-refractivity contribution in [1.82, 2.24) is 5.32 Å². The number of aromatic hydroxyl groups is 1. The van der Waals surface area contributed by atoms with Crippen molar-refractivity contribution in [3.05, 3.63) is 60.3 Å². The van der Waals surface area contributed by atoms with E-state index in [4.69, 9.17) is 11.6 Å². The SMILES string of the molecule is Cc1c(Cl)cccc1N=C1NC(=O)C(=Cc2cc(Br)c(O)c(Br)c2)S1. The number of amides is 1. The molecule has 4 nitrogen and oxygen atoms in total. The molecule has 1 amide bonds. The third-order valence-electron chi connectivity index (χ3n) is 3.45. The van der Waals surface area contributed by atoms with Gasteiger partial charge in [-0.15, -0.1) is 0 Å². The molecule has 8 heteroatoms. The highest BCUT2D eigenvalue weighted by Gasteiger charge is 2.24. The van der Waals surface area contributed by atoms with Gasteiger partial charge in [0.15, 0.2) is 5.17 Å². The maximum Gasteiger partial charge on any atom is 0.264 e. The third kappa shape index (κ3) is 4.11. The first-order chi connectivity index (χ1) is 11.8. The van der Waals surface area contributed by atoms with Crippen LogP contribution in [0.5, 0.6) is 5.75 Å². The first kappa shape index (κ1) is 18.5. The highest BCUT2D eigenvalue weighted by molar-refractivity contribution is 9.11. The topological polar surface area (TPSA) is 61.7 Å². The van der Waals surface area contributed by atoms with Gasteiger partial charge in [-0.1, -0.05) is 17.7 Å². The molecule has 1 fully saturated rings. The summed E-state index contributed by atoms with van der Waals surface area (Å²) < 4.78 is 1.08. The first-order valence-corrected chi connectivity index (χ1v) is 9.86. The van der Waals surface area contributed by atoms with E-state index in [-0.39, 0.29) is 11.7 Å². The van der Waals surface area contributed by atoms with Gasteiger partial charge in [0.25, 0.3) is 5.91 Å². The number of thioether (sulfide) groups is 1. The minimum atomic E-state index is -0.219. The standard InChI is InChI=1S/C17H11Br2ClN2O2S/c1-8-12(20)3-2-4-13(8)21-17-22-16(24)14(25-17)7-9-5-10(18)15(23)11(19)6-9/h2-7,23H,1H3,(H,21,22,24). The number of rotatable bonds is 2. The number of hydrogen-bond acceptors (Lipinski definition) is 4. The normalized spacial score (nSPS) is 17.4. The average Bonchev–Trinajstić information content (AvgIpc) is 2.89. The van der Waals surface area contributed by atoms with Gasteiger partial charge < -0.3 is 10.4 Å². The lowest BCUT2D eigenvalue weighted by atomic mass is 10.2. The van der Waals surface area contributed by atoms with Crippen LogP contribution < -0.4 is 5.32 Å². The monoisotopic (exact) mass is 500 g/mol. The number of aliphatic imine (C=N–C) groups is 1. The quantitative estimate of drug-likeness (QED) is 0.513. The highest BCUT2D eigenvalue weighted by atomic mass is 79.9. The summed E-state index contributed by atoms with van der Waals surface area (Å²) in [5.41, 5.74) is 2.34. The Balaban J connectivity index is 1.90. The van der Waals surface area contributed by atoms with Crippen molar-refractivity contribution in [2.45, 2.75) is 6.92 Å². The van der Waals surface area contributed by atoms with Gasteiger partial charge in [0.05, 0.1) is 19.5 Å². The van der Waals surface area contributed by atoms with E-state index in [1.54, 1.807) is 24.3 Å². The predicted molar refractivity (Wildman–Crippen MR) is 111 cm³/mol. The fourth-order valence-corrected chi connectivity index (χ4v) is 4.35. The van der Waals surface area contributed by atoms with Gasteiger partial charge in [0.2, 0.25) is 0 Å². The van der Waals surface area contributed by atoms with Crippen LogP contribution in [-0.2, 0) is 4.79 Å². The second-order valence-corrected chi connectivity index (χ2v) is 8.35. The molecule has 1 saturated heterocycles. The molecule has 25 heavy (non-hydrogen) atoms. The highest BCUT2D eigenvalue weighted by Crippen LogP contribution is 2.36. The summed E-state index contributed by atoms with van der Waals surface area (Å²) in [6.45, 7) is 1.88. The zero-order valence-electron chi connectivity index (χ0n) is 12.8. The molecule has 0 aromatic heterocycles. The molecule has 2 aromatic rings. The minimum Gasteiger partial charge on any atom is -0.506 e. The van der Waals surface area contributed by atoms with Crippen molar-refractivity contribution in [1.29, 1.82) is 0 Å². The van der Waals surface area contributed by atoms with Crippen molar-refractivity contribution in [2.75, 3.05) is 0 Å². The summed E-state index contributed by atoms with van der Waals surface area (Å²) in [6.07, 6.45) is 1.74. The first-order valence-electron chi connectivity index (χ1n) is 7.08. The molecule has 1 aliphatic rings. The van der Waals surface area contributed by atoms with Crippen molar-refractivity contribution in [2.24, 2.45) is 4.99 Å². The van der Waals surface area contributed by atoms with Crippen LogP contribution in [0.1, 0.15) is 11.1 Å². The summed E-state index contributed by atoms with van der Waals surface area (Å²) in [5, 5.41) is 13.6. The van der Waals surface area contributed by atoms with Crippen LogP contribution in [-0.4, -0.2) is 16.2 Å². The number of carbonyl (C=O) groups is 1. The molecule has 3 rings (SSSR count). The van der Waals surface area contributed by atoms with Crippen LogP contribution in [0.15, 0.2) is 49.2 Å². The van der Waals surface area contributed by atoms with E-state index < -0.39 is 0 Å². The van der Waals surface area contributed by atoms with Crippen molar-refractivity contribution in [3.63, 3.8) is 0 Å². The molecular formula is C17H11Br2ClN2O2S. The van der Waals surface area contributed by atoms with Gasteiger partial charge >= 0.3 is 0 Å². The van der Waals surface area contributed by atoms with E-state index >= 15 is 0 Å². The van der Waals surface area contributed by atoms with Crippen LogP contribution in [0, 0.1) is 6.92 Å². The zero-order valence-corrected chi connectivity index (χ0v) is 17.6. The Hall–Kier alpha value is -1.28. The van der Waals surface area contributed by atoms with E-state index in [2.05, 4.69) is 42.2 Å². The van der Waals surface area contributed by atoms with Gasteiger partial charge in [-0.25, -0.2) is 4.99 Å². The third-order valence-corrected chi connectivity index (χ3v) is 5.98. The molecule has 0 unspecified atom stereocenters. The van der Waals surface area contributed by atoms with E-state index in [0.717, 1.165) is 11.1 Å². The number of phenols is 1. The molecule has 0 atom stereocenters. The Morgan fingerprint density at radius 1 is 1.28 bits per heavy atom. The Kier molecular flexibility index (Phi) is 5.58. The maximum atomic E-state index is 12.2. The fourth-order valence-electron chi connectivity index (χ4n) is 2.13. The number of benzene rings is 2. The molecule has 0 radical (unpaired) electrons. The number of nitrogens with zero attached hydrogens (tertiary/aromatic N) is 1. The van der Waals surface area contributed by atoms with Crippen LogP contribution in [0.2, 0.25) is 5.02 Å². The molecule has 0 aliphatic carbocycles. The molecule has 0 spiro atoms. The maximum absolute atomic E-state index is 12.2. The lowest BCUT2D eigenvalue weighted by Gasteiger charge is -2.03. The summed E-state index contributed by atoms with van der Waals surface area (Å²) in [6, 6.07) is 8.93. The molecule has 2 N–H and O–H groups in total. The molecule has 128 valence electrons. The van der Waals surface area contributed by atoms with Crippen LogP contribution in [0.3, 0.4) is 0 Å². The van der Waals surface area contributed by atoms with E-state index in [9.17, 15) is 9.90 Å². The van der Waals surface area contributed by atoms with Gasteiger partial charge in [-0.2, -0.15) is 0 Å². The second-order valence-electron chi connectivity index (χ2n) is 5.20.